The van der Waals surface area contributed by atoms with E-state index in [9.17, 15) is 12.8 Å². The quantitative estimate of drug-likeness (QED) is 0.845. The molecule has 8 heteroatoms. The Balaban J connectivity index is 2.38. The van der Waals surface area contributed by atoms with Gasteiger partial charge in [-0.3, -0.25) is 4.72 Å². The van der Waals surface area contributed by atoms with Crippen LogP contribution in [0.2, 0.25) is 0 Å². The zero-order valence-electron chi connectivity index (χ0n) is 11.9. The highest BCUT2D eigenvalue weighted by molar-refractivity contribution is 7.93. The molecular formula is C13H16FN3O2S2. The Labute approximate surface area is 127 Å². The Bertz CT molecular complexity index is 762. The van der Waals surface area contributed by atoms with E-state index in [0.29, 0.717) is 0 Å². The van der Waals surface area contributed by atoms with Crippen LogP contribution < -0.4 is 10.5 Å². The van der Waals surface area contributed by atoms with E-state index >= 15 is 0 Å². The first kappa shape index (κ1) is 15.7. The molecule has 0 aliphatic heterocycles. The van der Waals surface area contributed by atoms with Crippen molar-refractivity contribution in [2.75, 3.05) is 10.5 Å². The number of anilines is 2. The Hall–Kier alpha value is -1.67. The van der Waals surface area contributed by atoms with Gasteiger partial charge in [-0.2, -0.15) is 0 Å². The average Bonchev–Trinajstić information content (AvgIpc) is 2.74. The van der Waals surface area contributed by atoms with Crippen molar-refractivity contribution in [2.24, 2.45) is 0 Å². The number of hydrogen-bond donors (Lipinski definition) is 2. The highest BCUT2D eigenvalue weighted by Crippen LogP contribution is 2.27. The predicted molar refractivity (Wildman–Crippen MR) is 82.6 cm³/mol. The largest absolute Gasteiger partial charge is 0.398 e. The van der Waals surface area contributed by atoms with Crippen molar-refractivity contribution >= 4 is 32.2 Å². The van der Waals surface area contributed by atoms with E-state index in [0.717, 1.165) is 23.1 Å². The predicted octanol–water partition coefficient (Wildman–Crippen LogP) is 2.84. The molecule has 0 atom stereocenters. The smallest absolute Gasteiger partial charge is 0.263 e. The van der Waals surface area contributed by atoms with Crippen molar-refractivity contribution in [1.82, 2.24) is 4.98 Å². The van der Waals surface area contributed by atoms with Gasteiger partial charge in [-0.15, -0.1) is 11.3 Å². The van der Waals surface area contributed by atoms with Gasteiger partial charge in [0.05, 0.1) is 10.6 Å². The van der Waals surface area contributed by atoms with Crippen LogP contribution in [-0.4, -0.2) is 13.4 Å². The molecule has 0 spiro atoms. The van der Waals surface area contributed by atoms with Crippen LogP contribution in [0, 0.1) is 19.7 Å². The minimum Gasteiger partial charge on any atom is -0.398 e. The molecule has 3 N–H and O–H groups in total. The summed E-state index contributed by atoms with van der Waals surface area (Å²) in [5.74, 6) is -0.653. The maximum atomic E-state index is 13.6. The number of benzene rings is 1. The monoisotopic (exact) mass is 329 g/mol. The fraction of sp³-hybridized carbons (Fsp3) is 0.308. The minimum atomic E-state index is -3.91. The van der Waals surface area contributed by atoms with Crippen molar-refractivity contribution in [3.05, 3.63) is 34.1 Å². The molecule has 2 aromatic rings. The Morgan fingerprint density at radius 2 is 2.05 bits per heavy atom. The third kappa shape index (κ3) is 3.16. The normalized spacial score (nSPS) is 11.6. The van der Waals surface area contributed by atoms with Gasteiger partial charge >= 0.3 is 0 Å². The maximum absolute atomic E-state index is 13.6. The summed E-state index contributed by atoms with van der Waals surface area (Å²) in [7, 11) is -3.91. The van der Waals surface area contributed by atoms with Crippen molar-refractivity contribution in [1.29, 1.82) is 0 Å². The SMILES string of the molecule is CCc1nc(NS(=O)(=O)c2cc(N)c(C)c(F)c2)sc1C. The molecule has 1 aromatic carbocycles. The van der Waals surface area contributed by atoms with Gasteiger partial charge < -0.3 is 5.73 Å². The van der Waals surface area contributed by atoms with Gasteiger partial charge in [0.15, 0.2) is 5.13 Å². The molecule has 0 amide bonds. The zero-order chi connectivity index (χ0) is 15.8. The van der Waals surface area contributed by atoms with Crippen LogP contribution in [0.5, 0.6) is 0 Å². The van der Waals surface area contributed by atoms with Crippen molar-refractivity contribution in [2.45, 2.75) is 32.1 Å². The lowest BCUT2D eigenvalue weighted by molar-refractivity contribution is 0.593. The van der Waals surface area contributed by atoms with E-state index in [4.69, 9.17) is 5.73 Å². The second kappa shape index (κ2) is 5.61. The summed E-state index contributed by atoms with van der Waals surface area (Å²) in [4.78, 5) is 4.94. The molecular weight excluding hydrogens is 313 g/mol. The maximum Gasteiger partial charge on any atom is 0.263 e. The molecule has 0 unspecified atom stereocenters. The van der Waals surface area contributed by atoms with Crippen LogP contribution in [0.4, 0.5) is 15.2 Å². The molecule has 114 valence electrons. The van der Waals surface area contributed by atoms with Crippen LogP contribution in [0.25, 0.3) is 0 Å². The second-order valence-corrected chi connectivity index (χ2v) is 7.49. The number of nitrogens with two attached hydrogens (primary N) is 1. The van der Waals surface area contributed by atoms with Gasteiger partial charge in [0.25, 0.3) is 10.0 Å². The van der Waals surface area contributed by atoms with Crippen molar-refractivity contribution in [3.63, 3.8) is 0 Å². The van der Waals surface area contributed by atoms with Gasteiger partial charge in [0, 0.05) is 16.1 Å². The average molecular weight is 329 g/mol. The summed E-state index contributed by atoms with van der Waals surface area (Å²) < 4.78 is 40.5. The molecule has 1 heterocycles. The van der Waals surface area contributed by atoms with Crippen LogP contribution in [0.3, 0.4) is 0 Å². The Morgan fingerprint density at radius 1 is 1.38 bits per heavy atom. The Kier molecular flexibility index (Phi) is 4.20. The first-order valence-electron chi connectivity index (χ1n) is 6.29. The van der Waals surface area contributed by atoms with Gasteiger partial charge in [0.1, 0.15) is 5.82 Å². The van der Waals surface area contributed by atoms with Crippen molar-refractivity contribution < 1.29 is 12.8 Å². The van der Waals surface area contributed by atoms with E-state index in [2.05, 4.69) is 9.71 Å². The number of halogens is 1. The van der Waals surface area contributed by atoms with Crippen LogP contribution in [-0.2, 0) is 16.4 Å². The number of rotatable bonds is 4. The molecule has 0 saturated carbocycles. The number of aromatic nitrogens is 1. The number of nitrogens with zero attached hydrogens (tertiary/aromatic N) is 1. The Morgan fingerprint density at radius 3 is 2.57 bits per heavy atom. The van der Waals surface area contributed by atoms with Gasteiger partial charge in [-0.1, -0.05) is 6.92 Å². The summed E-state index contributed by atoms with van der Waals surface area (Å²) in [5, 5.41) is 0.268. The topological polar surface area (TPSA) is 85.1 Å². The number of hydrogen-bond acceptors (Lipinski definition) is 5. The third-order valence-electron chi connectivity index (χ3n) is 3.12. The third-order valence-corrected chi connectivity index (χ3v) is 5.49. The summed E-state index contributed by atoms with van der Waals surface area (Å²) >= 11 is 1.25. The first-order valence-corrected chi connectivity index (χ1v) is 8.59. The van der Waals surface area contributed by atoms with Crippen LogP contribution in [0.1, 0.15) is 23.1 Å². The number of sulfonamides is 1. The minimum absolute atomic E-state index is 0.0972. The molecule has 0 saturated heterocycles. The fourth-order valence-corrected chi connectivity index (χ4v) is 3.99. The molecule has 5 nitrogen and oxygen atoms in total. The van der Waals surface area contributed by atoms with Gasteiger partial charge in [-0.25, -0.2) is 17.8 Å². The highest BCUT2D eigenvalue weighted by atomic mass is 32.2. The molecule has 0 aliphatic carbocycles. The molecule has 0 bridgehead atoms. The summed E-state index contributed by atoms with van der Waals surface area (Å²) in [6.07, 6.45) is 0.718. The lowest BCUT2D eigenvalue weighted by Gasteiger charge is -2.08. The van der Waals surface area contributed by atoms with Gasteiger partial charge in [-0.05, 0) is 32.4 Å². The summed E-state index contributed by atoms with van der Waals surface area (Å²) in [6, 6.07) is 2.19. The lowest BCUT2D eigenvalue weighted by atomic mass is 10.2. The summed E-state index contributed by atoms with van der Waals surface area (Å²) in [6.45, 7) is 5.31. The van der Waals surface area contributed by atoms with Gasteiger partial charge in [0.2, 0.25) is 0 Å². The standard InChI is InChI=1S/C13H16FN3O2S2/c1-4-12-8(3)20-13(16-12)17-21(18,19)9-5-10(14)7(2)11(15)6-9/h5-6H,4,15H2,1-3H3,(H,16,17). The molecule has 0 aliphatic rings. The van der Waals surface area contributed by atoms with Crippen molar-refractivity contribution in [3.8, 4) is 0 Å². The van der Waals surface area contributed by atoms with E-state index in [1.807, 2.05) is 13.8 Å². The number of aryl methyl sites for hydroxylation is 2. The molecule has 21 heavy (non-hydrogen) atoms. The highest BCUT2D eigenvalue weighted by Gasteiger charge is 2.19. The van der Waals surface area contributed by atoms with E-state index in [1.54, 1.807) is 0 Å². The molecule has 1 aromatic heterocycles. The molecule has 0 fully saturated rings. The van der Waals surface area contributed by atoms with Crippen LogP contribution >= 0.6 is 11.3 Å². The zero-order valence-corrected chi connectivity index (χ0v) is 13.5. The van der Waals surface area contributed by atoms with E-state index < -0.39 is 15.8 Å². The number of nitrogen functional groups attached to an aromatic ring is 1. The fourth-order valence-electron chi connectivity index (χ4n) is 1.80. The number of nitrogens with one attached hydrogen (secondary N) is 1. The lowest BCUT2D eigenvalue weighted by Crippen LogP contribution is -2.14. The molecule has 0 radical (unpaired) electrons. The number of thiazole rings is 1. The van der Waals surface area contributed by atoms with E-state index in [1.165, 1.54) is 24.3 Å². The first-order chi connectivity index (χ1) is 9.74. The van der Waals surface area contributed by atoms with Crippen LogP contribution in [0.15, 0.2) is 17.0 Å². The van der Waals surface area contributed by atoms with E-state index in [-0.39, 0.29) is 21.3 Å². The molecule has 2 rings (SSSR count). The summed E-state index contributed by atoms with van der Waals surface area (Å²) in [5.41, 5.74) is 6.78. The second-order valence-electron chi connectivity index (χ2n) is 4.60.